The predicted molar refractivity (Wildman–Crippen MR) is 110 cm³/mol. The third-order valence-corrected chi connectivity index (χ3v) is 5.82. The second kappa shape index (κ2) is 7.19. The Kier molecular flexibility index (Phi) is 4.53. The van der Waals surface area contributed by atoms with Crippen LogP contribution in [0.15, 0.2) is 48.5 Å². The molecule has 1 N–H and O–H groups in total. The number of nitrogens with one attached hydrogen (secondary N) is 1. The van der Waals surface area contributed by atoms with Crippen molar-refractivity contribution in [2.45, 2.75) is 38.1 Å². The first-order valence-electron chi connectivity index (χ1n) is 9.82. The Labute approximate surface area is 169 Å². The highest BCUT2D eigenvalue weighted by Crippen LogP contribution is 2.47. The molecule has 1 aliphatic carbocycles. The molecular weight excluding hydrogens is 370 g/mol. The molecule has 5 rings (SSSR count). The van der Waals surface area contributed by atoms with Crippen LogP contribution in [0.2, 0.25) is 5.15 Å². The molecule has 4 nitrogen and oxygen atoms in total. The SMILES string of the molecule is Cc1cccc(C2CC2)c1Oc1nnc(Cl)cc1C1NCCc2ccccc21. The van der Waals surface area contributed by atoms with Crippen molar-refractivity contribution in [2.24, 2.45) is 0 Å². The first kappa shape index (κ1) is 17.7. The summed E-state index contributed by atoms with van der Waals surface area (Å²) < 4.78 is 6.42. The van der Waals surface area contributed by atoms with E-state index in [2.05, 4.69) is 64.9 Å². The molecule has 2 heterocycles. The standard InChI is InChI=1S/C23H22ClN3O/c1-14-5-4-8-18(16-9-10-16)22(14)28-23-19(13-20(24)26-27-23)21-17-7-3-2-6-15(17)11-12-25-21/h2-8,13,16,21,25H,9-12H2,1H3. The van der Waals surface area contributed by atoms with Crippen LogP contribution in [0.4, 0.5) is 0 Å². The van der Waals surface area contributed by atoms with Crippen molar-refractivity contribution in [1.29, 1.82) is 0 Å². The normalized spacial score (nSPS) is 18.6. The Bertz CT molecular complexity index is 1030. The number of hydrogen-bond acceptors (Lipinski definition) is 4. The number of fused-ring (bicyclic) bond motifs is 1. The third kappa shape index (κ3) is 3.27. The van der Waals surface area contributed by atoms with Gasteiger partial charge in [-0.25, -0.2) is 0 Å². The van der Waals surface area contributed by atoms with Gasteiger partial charge in [0, 0.05) is 12.1 Å². The van der Waals surface area contributed by atoms with Gasteiger partial charge in [-0.1, -0.05) is 54.1 Å². The van der Waals surface area contributed by atoms with Crippen molar-refractivity contribution in [2.75, 3.05) is 6.54 Å². The zero-order valence-corrected chi connectivity index (χ0v) is 16.5. The molecule has 1 fully saturated rings. The molecular formula is C23H22ClN3O. The van der Waals surface area contributed by atoms with Crippen molar-refractivity contribution < 1.29 is 4.74 Å². The van der Waals surface area contributed by atoms with Crippen molar-refractivity contribution in [1.82, 2.24) is 15.5 Å². The van der Waals surface area contributed by atoms with Gasteiger partial charge in [0.25, 0.3) is 0 Å². The summed E-state index contributed by atoms with van der Waals surface area (Å²) in [6.45, 7) is 2.98. The number of para-hydroxylation sites is 1. The largest absolute Gasteiger partial charge is 0.437 e. The fraction of sp³-hybridized carbons (Fsp3) is 0.304. The molecule has 1 aromatic heterocycles. The first-order chi connectivity index (χ1) is 13.7. The molecule has 1 unspecified atom stereocenters. The summed E-state index contributed by atoms with van der Waals surface area (Å²) in [5.41, 5.74) is 5.90. The number of benzene rings is 2. The molecule has 1 saturated carbocycles. The molecule has 3 aromatic rings. The van der Waals surface area contributed by atoms with Crippen molar-refractivity contribution in [3.05, 3.63) is 81.5 Å². The Morgan fingerprint density at radius 1 is 1.00 bits per heavy atom. The van der Waals surface area contributed by atoms with Gasteiger partial charge in [0.1, 0.15) is 5.75 Å². The van der Waals surface area contributed by atoms with Gasteiger partial charge < -0.3 is 10.1 Å². The monoisotopic (exact) mass is 391 g/mol. The maximum Gasteiger partial charge on any atom is 0.244 e. The summed E-state index contributed by atoms with van der Waals surface area (Å²) in [5.74, 6) is 2.02. The van der Waals surface area contributed by atoms with E-state index in [-0.39, 0.29) is 6.04 Å². The Balaban J connectivity index is 1.59. The highest BCUT2D eigenvalue weighted by Gasteiger charge is 2.30. The molecule has 2 aromatic carbocycles. The molecule has 0 bridgehead atoms. The van der Waals surface area contributed by atoms with E-state index in [4.69, 9.17) is 16.3 Å². The van der Waals surface area contributed by atoms with E-state index < -0.39 is 0 Å². The second-order valence-electron chi connectivity index (χ2n) is 7.63. The summed E-state index contributed by atoms with van der Waals surface area (Å²) >= 11 is 6.23. The summed E-state index contributed by atoms with van der Waals surface area (Å²) in [6, 6.07) is 16.7. The van der Waals surface area contributed by atoms with Gasteiger partial charge in [-0.15, -0.1) is 10.2 Å². The fourth-order valence-electron chi connectivity index (χ4n) is 4.07. The van der Waals surface area contributed by atoms with Crippen LogP contribution in [0.25, 0.3) is 0 Å². The number of rotatable bonds is 4. The molecule has 142 valence electrons. The van der Waals surface area contributed by atoms with Gasteiger partial charge >= 0.3 is 0 Å². The van der Waals surface area contributed by atoms with Gasteiger partial charge in [-0.3, -0.25) is 0 Å². The van der Waals surface area contributed by atoms with Crippen LogP contribution in [0.3, 0.4) is 0 Å². The lowest BCUT2D eigenvalue weighted by Gasteiger charge is -2.28. The van der Waals surface area contributed by atoms with Crippen LogP contribution in [-0.4, -0.2) is 16.7 Å². The fourth-order valence-corrected chi connectivity index (χ4v) is 4.22. The van der Waals surface area contributed by atoms with Crippen LogP contribution in [-0.2, 0) is 6.42 Å². The van der Waals surface area contributed by atoms with E-state index in [9.17, 15) is 0 Å². The average Bonchev–Trinajstić information content (AvgIpc) is 3.55. The minimum atomic E-state index is -0.0126. The second-order valence-corrected chi connectivity index (χ2v) is 8.02. The first-order valence-corrected chi connectivity index (χ1v) is 10.2. The van der Waals surface area contributed by atoms with Crippen LogP contribution in [0, 0.1) is 6.92 Å². The molecule has 0 saturated heterocycles. The van der Waals surface area contributed by atoms with E-state index >= 15 is 0 Å². The quantitative estimate of drug-likeness (QED) is 0.651. The Morgan fingerprint density at radius 3 is 2.68 bits per heavy atom. The van der Waals surface area contributed by atoms with Crippen LogP contribution in [0.5, 0.6) is 11.6 Å². The Morgan fingerprint density at radius 2 is 1.82 bits per heavy atom. The summed E-state index contributed by atoms with van der Waals surface area (Å²) in [4.78, 5) is 0. The summed E-state index contributed by atoms with van der Waals surface area (Å²) in [5, 5.41) is 12.4. The minimum Gasteiger partial charge on any atom is -0.437 e. The zero-order valence-electron chi connectivity index (χ0n) is 15.8. The number of aryl methyl sites for hydroxylation is 1. The maximum atomic E-state index is 6.42. The topological polar surface area (TPSA) is 47.0 Å². The number of halogens is 1. The average molecular weight is 392 g/mol. The lowest BCUT2D eigenvalue weighted by Crippen LogP contribution is -2.31. The maximum absolute atomic E-state index is 6.42. The van der Waals surface area contributed by atoms with Crippen LogP contribution in [0.1, 0.15) is 52.6 Å². The van der Waals surface area contributed by atoms with E-state index in [0.717, 1.165) is 29.8 Å². The summed E-state index contributed by atoms with van der Waals surface area (Å²) in [7, 11) is 0. The van der Waals surface area contributed by atoms with Gasteiger partial charge in [0.2, 0.25) is 5.88 Å². The highest BCUT2D eigenvalue weighted by atomic mass is 35.5. The van der Waals surface area contributed by atoms with Crippen molar-refractivity contribution in [3.8, 4) is 11.6 Å². The number of aromatic nitrogens is 2. The molecule has 0 spiro atoms. The van der Waals surface area contributed by atoms with Gasteiger partial charge in [0.05, 0.1) is 6.04 Å². The zero-order chi connectivity index (χ0) is 19.1. The molecule has 28 heavy (non-hydrogen) atoms. The number of ether oxygens (including phenoxy) is 1. The third-order valence-electron chi connectivity index (χ3n) is 5.64. The summed E-state index contributed by atoms with van der Waals surface area (Å²) in [6.07, 6.45) is 3.45. The number of nitrogens with zero attached hydrogens (tertiary/aromatic N) is 2. The molecule has 5 heteroatoms. The lowest BCUT2D eigenvalue weighted by atomic mass is 9.90. The number of hydrogen-bond donors (Lipinski definition) is 1. The van der Waals surface area contributed by atoms with Gasteiger partial charge in [-0.2, -0.15) is 0 Å². The smallest absolute Gasteiger partial charge is 0.244 e. The van der Waals surface area contributed by atoms with Crippen molar-refractivity contribution in [3.63, 3.8) is 0 Å². The van der Waals surface area contributed by atoms with E-state index in [0.29, 0.717) is 17.0 Å². The Hall–Kier alpha value is -2.43. The molecule has 0 radical (unpaired) electrons. The van der Waals surface area contributed by atoms with E-state index in [1.807, 2.05) is 6.07 Å². The van der Waals surface area contributed by atoms with Gasteiger partial charge in [0.15, 0.2) is 5.15 Å². The van der Waals surface area contributed by atoms with Crippen LogP contribution < -0.4 is 10.1 Å². The van der Waals surface area contributed by atoms with E-state index in [1.54, 1.807) is 0 Å². The highest BCUT2D eigenvalue weighted by molar-refractivity contribution is 6.29. The van der Waals surface area contributed by atoms with Crippen molar-refractivity contribution >= 4 is 11.6 Å². The lowest BCUT2D eigenvalue weighted by molar-refractivity contribution is 0.429. The molecule has 0 amide bonds. The van der Waals surface area contributed by atoms with Crippen LogP contribution >= 0.6 is 11.6 Å². The van der Waals surface area contributed by atoms with Gasteiger partial charge in [-0.05, 0) is 60.4 Å². The molecule has 1 aliphatic heterocycles. The minimum absolute atomic E-state index is 0.0126. The molecule has 2 aliphatic rings. The molecule has 1 atom stereocenters. The van der Waals surface area contributed by atoms with E-state index in [1.165, 1.54) is 29.5 Å². The predicted octanol–water partition coefficient (Wildman–Crippen LogP) is 5.34.